The van der Waals surface area contributed by atoms with E-state index in [9.17, 15) is 9.59 Å². The molecule has 2 aliphatic rings. The maximum Gasteiger partial charge on any atom is 0.239 e. The molecule has 0 radical (unpaired) electrons. The molecule has 1 aliphatic carbocycles. The summed E-state index contributed by atoms with van der Waals surface area (Å²) in [6, 6.07) is 18.5. The highest BCUT2D eigenvalue weighted by Crippen LogP contribution is 2.37. The Morgan fingerprint density at radius 1 is 0.971 bits per heavy atom. The van der Waals surface area contributed by atoms with Crippen molar-refractivity contribution in [2.75, 3.05) is 19.6 Å². The molecule has 1 heterocycles. The van der Waals surface area contributed by atoms with E-state index >= 15 is 0 Å². The van der Waals surface area contributed by atoms with Gasteiger partial charge < -0.3 is 16.0 Å². The monoisotopic (exact) mass is 475 g/mol. The molecule has 1 saturated carbocycles. The lowest BCUT2D eigenvalue weighted by atomic mass is 9.72. The van der Waals surface area contributed by atoms with Gasteiger partial charge in [0, 0.05) is 19.6 Å². The fourth-order valence-corrected chi connectivity index (χ4v) is 5.70. The number of carbonyl (C=O) groups excluding carboxylic acids is 2. The molecular formula is C30H41N3O2. The molecule has 5 nitrogen and oxygen atoms in total. The third-order valence-electron chi connectivity index (χ3n) is 8.15. The van der Waals surface area contributed by atoms with Gasteiger partial charge in [-0.1, -0.05) is 80.8 Å². The lowest BCUT2D eigenvalue weighted by molar-refractivity contribution is -0.141. The highest BCUT2D eigenvalue weighted by molar-refractivity contribution is 5.85. The van der Waals surface area contributed by atoms with E-state index in [2.05, 4.69) is 53.8 Å². The summed E-state index contributed by atoms with van der Waals surface area (Å²) < 4.78 is 0. The van der Waals surface area contributed by atoms with Crippen LogP contribution in [0.5, 0.6) is 0 Å². The second-order valence-electron chi connectivity index (χ2n) is 10.6. The van der Waals surface area contributed by atoms with Crippen LogP contribution in [-0.4, -0.2) is 42.4 Å². The quantitative estimate of drug-likeness (QED) is 0.568. The molecule has 2 aromatic rings. The molecule has 0 spiro atoms. The number of carbonyl (C=O) groups is 2. The zero-order chi connectivity index (χ0) is 24.7. The Labute approximate surface area is 210 Å². The molecule has 5 heteroatoms. The minimum Gasteiger partial charge on any atom is -0.355 e. The van der Waals surface area contributed by atoms with E-state index in [0.29, 0.717) is 44.7 Å². The van der Waals surface area contributed by atoms with Crippen LogP contribution >= 0.6 is 0 Å². The van der Waals surface area contributed by atoms with Crippen LogP contribution in [-0.2, 0) is 16.0 Å². The molecule has 2 fully saturated rings. The van der Waals surface area contributed by atoms with Crippen molar-refractivity contribution in [3.8, 4) is 11.1 Å². The van der Waals surface area contributed by atoms with Gasteiger partial charge in [-0.15, -0.1) is 0 Å². The van der Waals surface area contributed by atoms with Crippen LogP contribution < -0.4 is 11.1 Å². The minimum atomic E-state index is -0.490. The number of nitrogens with zero attached hydrogens (tertiary/aromatic N) is 1. The molecule has 4 rings (SSSR count). The van der Waals surface area contributed by atoms with E-state index in [1.54, 1.807) is 0 Å². The molecule has 3 N–H and O–H groups in total. The Hall–Kier alpha value is -2.66. The van der Waals surface area contributed by atoms with Crippen molar-refractivity contribution in [2.24, 2.45) is 17.1 Å². The predicted octanol–water partition coefficient (Wildman–Crippen LogP) is 4.94. The Bertz CT molecular complexity index is 959. The van der Waals surface area contributed by atoms with Crippen molar-refractivity contribution in [1.29, 1.82) is 0 Å². The van der Waals surface area contributed by atoms with Crippen molar-refractivity contribution in [3.05, 3.63) is 60.2 Å². The topological polar surface area (TPSA) is 75.4 Å². The van der Waals surface area contributed by atoms with Gasteiger partial charge in [0.05, 0.1) is 11.5 Å². The third kappa shape index (κ3) is 6.32. The zero-order valence-corrected chi connectivity index (χ0v) is 21.2. The summed E-state index contributed by atoms with van der Waals surface area (Å²) in [5.74, 6) is 0.761. The zero-order valence-electron chi connectivity index (χ0n) is 21.2. The number of nitrogens with one attached hydrogen (secondary N) is 1. The molecule has 35 heavy (non-hydrogen) atoms. The Morgan fingerprint density at radius 2 is 1.60 bits per heavy atom. The maximum absolute atomic E-state index is 13.7. The van der Waals surface area contributed by atoms with Crippen molar-refractivity contribution in [2.45, 2.75) is 70.8 Å². The number of amides is 2. The van der Waals surface area contributed by atoms with E-state index in [1.165, 1.54) is 48.8 Å². The van der Waals surface area contributed by atoms with Crippen LogP contribution in [0.1, 0.15) is 63.9 Å². The summed E-state index contributed by atoms with van der Waals surface area (Å²) in [5, 5.41) is 3.33. The van der Waals surface area contributed by atoms with Crippen molar-refractivity contribution >= 4 is 11.8 Å². The van der Waals surface area contributed by atoms with Gasteiger partial charge in [0.2, 0.25) is 11.8 Å². The fraction of sp³-hybridized carbons (Fsp3) is 0.533. The standard InChI is InChI=1S/C30H41N3O2/c1-2-27(31)28(34)33-19-17-30(18-20-33,29(35)32-22-24-9-5-3-6-10-24)21-23-13-15-26(16-14-23)25-11-7-4-8-12-25/h4,7-8,11-16,24,27H,2-3,5-6,9-10,17-22,31H2,1H3,(H,32,35)/t27-/m0/s1. The lowest BCUT2D eigenvalue weighted by Crippen LogP contribution is -2.54. The van der Waals surface area contributed by atoms with Crippen LogP contribution in [0.2, 0.25) is 0 Å². The van der Waals surface area contributed by atoms with E-state index < -0.39 is 11.5 Å². The molecule has 1 atom stereocenters. The van der Waals surface area contributed by atoms with Crippen LogP contribution in [0.4, 0.5) is 0 Å². The molecule has 2 amide bonds. The minimum absolute atomic E-state index is 0.0101. The van der Waals surface area contributed by atoms with Crippen molar-refractivity contribution in [1.82, 2.24) is 10.2 Å². The fourth-order valence-electron chi connectivity index (χ4n) is 5.70. The van der Waals surface area contributed by atoms with Crippen molar-refractivity contribution in [3.63, 3.8) is 0 Å². The number of likely N-dealkylation sites (tertiary alicyclic amines) is 1. The molecular weight excluding hydrogens is 434 g/mol. The van der Waals surface area contributed by atoms with Crippen LogP contribution in [0.3, 0.4) is 0 Å². The van der Waals surface area contributed by atoms with E-state index in [-0.39, 0.29) is 11.8 Å². The molecule has 188 valence electrons. The summed E-state index contributed by atoms with van der Waals surface area (Å²) in [5.41, 5.74) is 9.07. The Kier molecular flexibility index (Phi) is 8.61. The normalized spacial score (nSPS) is 19.2. The lowest BCUT2D eigenvalue weighted by Gasteiger charge is -2.41. The molecule has 1 saturated heterocycles. The maximum atomic E-state index is 13.7. The summed E-state index contributed by atoms with van der Waals surface area (Å²) in [6.45, 7) is 3.89. The van der Waals surface area contributed by atoms with E-state index in [4.69, 9.17) is 5.73 Å². The average Bonchev–Trinajstić information content (AvgIpc) is 2.92. The van der Waals surface area contributed by atoms with Crippen molar-refractivity contribution < 1.29 is 9.59 Å². The van der Waals surface area contributed by atoms with Gasteiger partial charge >= 0.3 is 0 Å². The van der Waals surface area contributed by atoms with E-state index in [1.807, 2.05) is 17.9 Å². The Balaban J connectivity index is 1.47. The largest absolute Gasteiger partial charge is 0.355 e. The predicted molar refractivity (Wildman–Crippen MR) is 142 cm³/mol. The smallest absolute Gasteiger partial charge is 0.239 e. The summed E-state index contributed by atoms with van der Waals surface area (Å²) in [4.78, 5) is 28.2. The van der Waals surface area contributed by atoms with Gasteiger partial charge in [-0.05, 0) is 61.1 Å². The first-order valence-corrected chi connectivity index (χ1v) is 13.5. The number of hydrogen-bond acceptors (Lipinski definition) is 3. The second-order valence-corrected chi connectivity index (χ2v) is 10.6. The number of rotatable bonds is 8. The Morgan fingerprint density at radius 3 is 2.23 bits per heavy atom. The number of piperidine rings is 1. The number of benzene rings is 2. The first-order chi connectivity index (χ1) is 17.0. The highest BCUT2D eigenvalue weighted by Gasteiger charge is 2.42. The average molecular weight is 476 g/mol. The third-order valence-corrected chi connectivity index (χ3v) is 8.15. The summed E-state index contributed by atoms with van der Waals surface area (Å²) in [7, 11) is 0. The second kappa shape index (κ2) is 11.9. The summed E-state index contributed by atoms with van der Waals surface area (Å²) >= 11 is 0. The first kappa shape index (κ1) is 25.4. The van der Waals surface area contributed by atoms with Crippen LogP contribution in [0, 0.1) is 11.3 Å². The van der Waals surface area contributed by atoms with Gasteiger partial charge in [-0.25, -0.2) is 0 Å². The molecule has 1 aliphatic heterocycles. The van der Waals surface area contributed by atoms with Gasteiger partial charge in [0.25, 0.3) is 0 Å². The molecule has 0 unspecified atom stereocenters. The van der Waals surface area contributed by atoms with Gasteiger partial charge in [-0.2, -0.15) is 0 Å². The van der Waals surface area contributed by atoms with Gasteiger partial charge in [0.1, 0.15) is 0 Å². The van der Waals surface area contributed by atoms with Gasteiger partial charge in [0.15, 0.2) is 0 Å². The molecule has 0 aromatic heterocycles. The summed E-state index contributed by atoms with van der Waals surface area (Å²) in [6.07, 6.45) is 8.96. The SMILES string of the molecule is CC[C@H](N)C(=O)N1CCC(Cc2ccc(-c3ccccc3)cc2)(C(=O)NCC2CCCCC2)CC1. The number of hydrogen-bond donors (Lipinski definition) is 2. The van der Waals surface area contributed by atoms with Crippen LogP contribution in [0.15, 0.2) is 54.6 Å². The first-order valence-electron chi connectivity index (χ1n) is 13.5. The number of nitrogens with two attached hydrogens (primary N) is 1. The van der Waals surface area contributed by atoms with Crippen LogP contribution in [0.25, 0.3) is 11.1 Å². The highest BCUT2D eigenvalue weighted by atomic mass is 16.2. The van der Waals surface area contributed by atoms with Gasteiger partial charge in [-0.3, -0.25) is 9.59 Å². The van der Waals surface area contributed by atoms with E-state index in [0.717, 1.165) is 6.54 Å². The molecule has 0 bridgehead atoms. The molecule has 2 aromatic carbocycles.